The average Bonchev–Trinajstić information content (AvgIpc) is 1.91. The van der Waals surface area contributed by atoms with Gasteiger partial charge in [-0.2, -0.15) is 0 Å². The highest BCUT2D eigenvalue weighted by Gasteiger charge is 1.63. The molecule has 0 aliphatic carbocycles. The Labute approximate surface area is 55.0 Å². The van der Waals surface area contributed by atoms with Crippen LogP contribution in [0.4, 0.5) is 0 Å². The van der Waals surface area contributed by atoms with Gasteiger partial charge >= 0.3 is 0 Å². The monoisotopic (exact) mass is 138 g/mol. The lowest BCUT2D eigenvalue weighted by molar-refractivity contribution is -0.00271. The molecule has 0 saturated carbocycles. The highest BCUT2D eigenvalue weighted by atomic mass is 16.6. The predicted octanol–water partition coefficient (Wildman–Crippen LogP) is -0.792. The summed E-state index contributed by atoms with van der Waals surface area (Å²) in [6, 6.07) is 0. The van der Waals surface area contributed by atoms with E-state index in [2.05, 4.69) is 9.47 Å². The van der Waals surface area contributed by atoms with Crippen LogP contribution in [0.3, 0.4) is 0 Å². The van der Waals surface area contributed by atoms with Gasteiger partial charge < -0.3 is 19.7 Å². The van der Waals surface area contributed by atoms with Gasteiger partial charge in [-0.15, -0.1) is 0 Å². The van der Waals surface area contributed by atoms with Crippen LogP contribution >= 0.6 is 0 Å². The Bertz CT molecular complexity index is 28.1. The summed E-state index contributed by atoms with van der Waals surface area (Å²) in [5.41, 5.74) is 0. The van der Waals surface area contributed by atoms with Gasteiger partial charge in [0.05, 0.1) is 13.2 Å². The molecule has 0 spiro atoms. The molecule has 0 bridgehead atoms. The van der Waals surface area contributed by atoms with Crippen molar-refractivity contribution in [3.8, 4) is 0 Å². The fraction of sp³-hybridized carbons (Fsp3) is 1.00. The Hall–Kier alpha value is -0.160. The lowest BCUT2D eigenvalue weighted by Gasteiger charge is -1.87. The summed E-state index contributed by atoms with van der Waals surface area (Å²) in [7, 11) is 3.17. The Kier molecular flexibility index (Phi) is 20.2. The third-order valence-corrected chi connectivity index (χ3v) is 0.336. The van der Waals surface area contributed by atoms with E-state index >= 15 is 0 Å². The highest BCUT2D eigenvalue weighted by Crippen LogP contribution is 1.60. The second kappa shape index (κ2) is 15.7. The maximum atomic E-state index is 7.62. The van der Waals surface area contributed by atoms with Crippen molar-refractivity contribution in [2.24, 2.45) is 0 Å². The molecular formula is C5H14O4. The summed E-state index contributed by atoms with van der Waals surface area (Å²) in [5, 5.41) is 15.2. The molecule has 0 radical (unpaired) electrons. The van der Waals surface area contributed by atoms with Crippen molar-refractivity contribution < 1.29 is 19.7 Å². The normalized spacial score (nSPS) is 8.00. The fourth-order valence-electron chi connectivity index (χ4n) is 0.118. The van der Waals surface area contributed by atoms with Gasteiger partial charge in [-0.3, -0.25) is 0 Å². The average molecular weight is 138 g/mol. The van der Waals surface area contributed by atoms with Crippen molar-refractivity contribution in [3.05, 3.63) is 0 Å². The summed E-state index contributed by atoms with van der Waals surface area (Å²) in [4.78, 5) is 0. The van der Waals surface area contributed by atoms with E-state index in [0.717, 1.165) is 0 Å². The van der Waals surface area contributed by atoms with Gasteiger partial charge in [-0.1, -0.05) is 0 Å². The molecule has 2 N–H and O–H groups in total. The van der Waals surface area contributed by atoms with Crippen LogP contribution in [-0.2, 0) is 9.47 Å². The lowest BCUT2D eigenvalue weighted by Crippen LogP contribution is -1.87. The summed E-state index contributed by atoms with van der Waals surface area (Å²) >= 11 is 0. The topological polar surface area (TPSA) is 58.9 Å². The first-order valence-electron chi connectivity index (χ1n) is 2.53. The number of rotatable bonds is 3. The molecule has 0 amide bonds. The maximum absolute atomic E-state index is 7.62. The van der Waals surface area contributed by atoms with Gasteiger partial charge in [-0.05, 0) is 0 Å². The van der Waals surface area contributed by atoms with Crippen LogP contribution in [0.5, 0.6) is 0 Å². The molecule has 0 unspecified atom stereocenters. The molecule has 9 heavy (non-hydrogen) atoms. The quantitative estimate of drug-likeness (QED) is 0.502. The molecule has 0 aromatic rings. The zero-order valence-electron chi connectivity index (χ0n) is 5.83. The van der Waals surface area contributed by atoms with Crippen molar-refractivity contribution in [2.75, 3.05) is 34.2 Å². The van der Waals surface area contributed by atoms with E-state index in [-0.39, 0.29) is 13.2 Å². The number of hydrogen-bond donors (Lipinski definition) is 2. The largest absolute Gasteiger partial charge is 0.394 e. The number of hydrogen-bond acceptors (Lipinski definition) is 4. The molecule has 0 aliphatic heterocycles. The predicted molar refractivity (Wildman–Crippen MR) is 33.1 cm³/mol. The van der Waals surface area contributed by atoms with Crippen molar-refractivity contribution in [2.45, 2.75) is 0 Å². The van der Waals surface area contributed by atoms with E-state index in [9.17, 15) is 0 Å². The van der Waals surface area contributed by atoms with E-state index in [1.807, 2.05) is 0 Å². The Balaban J connectivity index is 0. The minimum absolute atomic E-state index is 0.125. The van der Waals surface area contributed by atoms with Crippen molar-refractivity contribution in [3.63, 3.8) is 0 Å². The molecule has 0 heterocycles. The number of aliphatic hydroxyl groups excluding tert-OH is 2. The van der Waals surface area contributed by atoms with Gasteiger partial charge in [0.1, 0.15) is 6.79 Å². The van der Waals surface area contributed by atoms with E-state index in [4.69, 9.17) is 10.2 Å². The van der Waals surface area contributed by atoms with Crippen LogP contribution in [-0.4, -0.2) is 44.4 Å². The smallest absolute Gasteiger partial charge is 0.145 e. The summed E-state index contributed by atoms with van der Waals surface area (Å²) in [6.45, 7) is 0.139. The van der Waals surface area contributed by atoms with Crippen molar-refractivity contribution in [1.82, 2.24) is 0 Å². The van der Waals surface area contributed by atoms with E-state index in [1.165, 1.54) is 0 Å². The first-order valence-corrected chi connectivity index (χ1v) is 2.53. The molecule has 4 heteroatoms. The lowest BCUT2D eigenvalue weighted by atomic mass is 10.8. The molecule has 0 rings (SSSR count). The standard InChI is InChI=1S/C3H8O2.C2H6O2/c1-4-3-5-2;3-1-2-4/h3H2,1-2H3;3-4H,1-2H2. The van der Waals surface area contributed by atoms with Crippen LogP contribution < -0.4 is 0 Å². The second-order valence-corrected chi connectivity index (χ2v) is 1.14. The van der Waals surface area contributed by atoms with E-state index < -0.39 is 0 Å². The molecule has 0 saturated heterocycles. The van der Waals surface area contributed by atoms with Crippen molar-refractivity contribution >= 4 is 0 Å². The van der Waals surface area contributed by atoms with E-state index in [0.29, 0.717) is 6.79 Å². The van der Waals surface area contributed by atoms with Gasteiger partial charge in [0.25, 0.3) is 0 Å². The molecule has 0 aromatic carbocycles. The second-order valence-electron chi connectivity index (χ2n) is 1.14. The van der Waals surface area contributed by atoms with Gasteiger partial charge in [0.15, 0.2) is 0 Å². The first-order chi connectivity index (χ1) is 4.33. The molecule has 58 valence electrons. The fourth-order valence-corrected chi connectivity index (χ4v) is 0.118. The van der Waals surface area contributed by atoms with Gasteiger partial charge in [-0.25, -0.2) is 0 Å². The van der Waals surface area contributed by atoms with Crippen LogP contribution in [0, 0.1) is 0 Å². The summed E-state index contributed by atoms with van der Waals surface area (Å²) in [6.07, 6.45) is 0. The molecule has 0 aromatic heterocycles. The molecule has 0 aliphatic rings. The zero-order chi connectivity index (χ0) is 7.54. The van der Waals surface area contributed by atoms with Gasteiger partial charge in [0.2, 0.25) is 0 Å². The molecule has 4 nitrogen and oxygen atoms in total. The summed E-state index contributed by atoms with van der Waals surface area (Å²) in [5.74, 6) is 0. The first kappa shape index (κ1) is 11.6. The third kappa shape index (κ3) is 33.2. The Morgan fingerprint density at radius 3 is 1.33 bits per heavy atom. The van der Waals surface area contributed by atoms with Crippen LogP contribution in [0.25, 0.3) is 0 Å². The SMILES string of the molecule is COCOC.OCCO. The van der Waals surface area contributed by atoms with Crippen LogP contribution in [0.2, 0.25) is 0 Å². The number of ether oxygens (including phenoxy) is 2. The van der Waals surface area contributed by atoms with Crippen LogP contribution in [0.1, 0.15) is 0 Å². The molecular weight excluding hydrogens is 124 g/mol. The number of methoxy groups -OCH3 is 2. The van der Waals surface area contributed by atoms with Gasteiger partial charge in [0, 0.05) is 14.2 Å². The van der Waals surface area contributed by atoms with Crippen LogP contribution in [0.15, 0.2) is 0 Å². The van der Waals surface area contributed by atoms with E-state index in [1.54, 1.807) is 14.2 Å². The molecule has 0 fully saturated rings. The zero-order valence-corrected chi connectivity index (χ0v) is 5.83. The Morgan fingerprint density at radius 2 is 1.33 bits per heavy atom. The minimum atomic E-state index is -0.125. The summed E-state index contributed by atoms with van der Waals surface area (Å²) < 4.78 is 8.94. The third-order valence-electron chi connectivity index (χ3n) is 0.336. The van der Waals surface area contributed by atoms with Crippen molar-refractivity contribution in [1.29, 1.82) is 0 Å². The highest BCUT2D eigenvalue weighted by molar-refractivity contribution is 4.06. The maximum Gasteiger partial charge on any atom is 0.145 e. The minimum Gasteiger partial charge on any atom is -0.394 e. The number of aliphatic hydroxyl groups is 2. The molecule has 0 atom stereocenters. The Morgan fingerprint density at radius 1 is 1.00 bits per heavy atom.